The van der Waals surface area contributed by atoms with Gasteiger partial charge in [0.25, 0.3) is 5.56 Å². The maximum Gasteiger partial charge on any atom is 0.251 e. The van der Waals surface area contributed by atoms with E-state index in [0.717, 1.165) is 49.7 Å². The predicted molar refractivity (Wildman–Crippen MR) is 108 cm³/mol. The number of benzene rings is 1. The van der Waals surface area contributed by atoms with Crippen molar-refractivity contribution in [3.05, 3.63) is 76.5 Å². The lowest BCUT2D eigenvalue weighted by molar-refractivity contribution is 0.201. The summed E-state index contributed by atoms with van der Waals surface area (Å²) in [5.74, 6) is 1.92. The summed E-state index contributed by atoms with van der Waals surface area (Å²) in [6, 6.07) is 15.4. The van der Waals surface area contributed by atoms with Crippen LogP contribution in [0.3, 0.4) is 0 Å². The number of ether oxygens (including phenoxy) is 1. The molecule has 1 aliphatic heterocycles. The molecule has 28 heavy (non-hydrogen) atoms. The van der Waals surface area contributed by atoms with E-state index in [1.54, 1.807) is 13.3 Å². The molecule has 1 N–H and O–H groups in total. The van der Waals surface area contributed by atoms with Gasteiger partial charge in [-0.2, -0.15) is 0 Å². The Hall–Kier alpha value is -2.99. The van der Waals surface area contributed by atoms with Gasteiger partial charge in [-0.15, -0.1) is 0 Å². The molecule has 2 aromatic heterocycles. The number of H-pyrrole nitrogens is 1. The molecule has 1 fully saturated rings. The zero-order valence-electron chi connectivity index (χ0n) is 16.0. The quantitative estimate of drug-likeness (QED) is 0.740. The average molecular weight is 376 g/mol. The van der Waals surface area contributed by atoms with Crippen LogP contribution in [0.4, 0.5) is 0 Å². The summed E-state index contributed by atoms with van der Waals surface area (Å²) in [5, 5.41) is 0. The maximum atomic E-state index is 12.1. The van der Waals surface area contributed by atoms with Crippen molar-refractivity contribution in [3.8, 4) is 17.1 Å². The van der Waals surface area contributed by atoms with E-state index in [0.29, 0.717) is 5.69 Å². The zero-order chi connectivity index (χ0) is 19.3. The number of methoxy groups -OCH3 is 1. The Morgan fingerprint density at radius 1 is 1.11 bits per heavy atom. The number of piperidine rings is 1. The minimum Gasteiger partial charge on any atom is -0.497 e. The third kappa shape index (κ3) is 4.28. The molecule has 1 saturated heterocycles. The van der Waals surface area contributed by atoms with Crippen LogP contribution in [0, 0.1) is 0 Å². The molecular formula is C22H24N4O2. The van der Waals surface area contributed by atoms with Gasteiger partial charge in [-0.25, -0.2) is 4.98 Å². The molecule has 0 amide bonds. The molecule has 0 bridgehead atoms. The largest absolute Gasteiger partial charge is 0.497 e. The average Bonchev–Trinajstić information content (AvgIpc) is 2.74. The van der Waals surface area contributed by atoms with Gasteiger partial charge >= 0.3 is 0 Å². The first kappa shape index (κ1) is 18.4. The van der Waals surface area contributed by atoms with Crippen molar-refractivity contribution in [2.24, 2.45) is 0 Å². The second-order valence-corrected chi connectivity index (χ2v) is 7.13. The Labute approximate surface area is 164 Å². The van der Waals surface area contributed by atoms with Gasteiger partial charge in [-0.3, -0.25) is 14.7 Å². The van der Waals surface area contributed by atoms with Gasteiger partial charge in [-0.1, -0.05) is 18.2 Å². The summed E-state index contributed by atoms with van der Waals surface area (Å²) < 4.78 is 5.31. The normalized spacial score (nSPS) is 15.5. The summed E-state index contributed by atoms with van der Waals surface area (Å²) in [5.41, 5.74) is 2.49. The highest BCUT2D eigenvalue weighted by Gasteiger charge is 2.23. The minimum atomic E-state index is -0.121. The fourth-order valence-electron chi connectivity index (χ4n) is 3.71. The molecule has 0 atom stereocenters. The Morgan fingerprint density at radius 3 is 2.71 bits per heavy atom. The molecule has 144 valence electrons. The molecular weight excluding hydrogens is 352 g/mol. The fourth-order valence-corrected chi connectivity index (χ4v) is 3.71. The van der Waals surface area contributed by atoms with Gasteiger partial charge in [0.15, 0.2) is 0 Å². The monoisotopic (exact) mass is 376 g/mol. The first-order chi connectivity index (χ1) is 13.7. The Morgan fingerprint density at radius 2 is 1.96 bits per heavy atom. The molecule has 0 aliphatic carbocycles. The molecule has 6 heteroatoms. The lowest BCUT2D eigenvalue weighted by Crippen LogP contribution is -2.33. The molecule has 0 radical (unpaired) electrons. The topological polar surface area (TPSA) is 71.1 Å². The van der Waals surface area contributed by atoms with Crippen LogP contribution in [-0.2, 0) is 6.54 Å². The molecule has 6 nitrogen and oxygen atoms in total. The molecule has 4 rings (SSSR count). The van der Waals surface area contributed by atoms with Crippen molar-refractivity contribution >= 4 is 0 Å². The van der Waals surface area contributed by atoms with Gasteiger partial charge in [0.1, 0.15) is 11.6 Å². The van der Waals surface area contributed by atoms with Crippen molar-refractivity contribution < 1.29 is 4.74 Å². The number of likely N-dealkylation sites (tertiary alicyclic amines) is 1. The van der Waals surface area contributed by atoms with Crippen LogP contribution in [0.5, 0.6) is 5.75 Å². The van der Waals surface area contributed by atoms with Crippen molar-refractivity contribution in [1.29, 1.82) is 0 Å². The van der Waals surface area contributed by atoms with Gasteiger partial charge in [-0.05, 0) is 55.8 Å². The van der Waals surface area contributed by atoms with E-state index in [4.69, 9.17) is 9.72 Å². The van der Waals surface area contributed by atoms with Crippen LogP contribution in [0.15, 0.2) is 59.5 Å². The van der Waals surface area contributed by atoms with E-state index < -0.39 is 0 Å². The molecule has 1 aromatic carbocycles. The molecule has 0 spiro atoms. The second-order valence-electron chi connectivity index (χ2n) is 7.13. The van der Waals surface area contributed by atoms with Crippen LogP contribution in [0.25, 0.3) is 11.4 Å². The van der Waals surface area contributed by atoms with Crippen LogP contribution in [-0.4, -0.2) is 40.1 Å². The SMILES string of the molecule is COc1cccc(CN2CCC(c3nc(-c4ccccn4)cc(=O)[nH]3)CC2)c1. The van der Waals surface area contributed by atoms with Crippen molar-refractivity contribution in [3.63, 3.8) is 0 Å². The van der Waals surface area contributed by atoms with Crippen LogP contribution < -0.4 is 10.3 Å². The van der Waals surface area contributed by atoms with E-state index in [1.165, 1.54) is 11.6 Å². The second kappa shape index (κ2) is 8.35. The smallest absolute Gasteiger partial charge is 0.251 e. The highest BCUT2D eigenvalue weighted by atomic mass is 16.5. The third-order valence-electron chi connectivity index (χ3n) is 5.20. The first-order valence-electron chi connectivity index (χ1n) is 9.59. The Kier molecular flexibility index (Phi) is 5.48. The summed E-state index contributed by atoms with van der Waals surface area (Å²) >= 11 is 0. The van der Waals surface area contributed by atoms with Crippen LogP contribution >= 0.6 is 0 Å². The molecule has 0 unspecified atom stereocenters. The molecule has 3 aromatic rings. The first-order valence-corrected chi connectivity index (χ1v) is 9.59. The maximum absolute atomic E-state index is 12.1. The van der Waals surface area contributed by atoms with E-state index in [2.05, 4.69) is 27.0 Å². The third-order valence-corrected chi connectivity index (χ3v) is 5.20. The van der Waals surface area contributed by atoms with E-state index >= 15 is 0 Å². The fraction of sp³-hybridized carbons (Fsp3) is 0.318. The Balaban J connectivity index is 1.44. The highest BCUT2D eigenvalue weighted by molar-refractivity contribution is 5.52. The number of pyridine rings is 1. The standard InChI is InChI=1S/C22H24N4O2/c1-28-18-6-4-5-16(13-18)15-26-11-8-17(9-12-26)22-24-20(14-21(27)25-22)19-7-2-3-10-23-19/h2-7,10,13-14,17H,8-9,11-12,15H2,1H3,(H,24,25,27). The number of nitrogens with zero attached hydrogens (tertiary/aromatic N) is 3. The van der Waals surface area contributed by atoms with E-state index in [9.17, 15) is 4.79 Å². The summed E-state index contributed by atoms with van der Waals surface area (Å²) in [4.78, 5) is 26.5. The van der Waals surface area contributed by atoms with Crippen molar-refractivity contribution in [2.75, 3.05) is 20.2 Å². The zero-order valence-corrected chi connectivity index (χ0v) is 16.0. The van der Waals surface area contributed by atoms with Crippen LogP contribution in [0.1, 0.15) is 30.1 Å². The number of hydrogen-bond donors (Lipinski definition) is 1. The number of aromatic amines is 1. The van der Waals surface area contributed by atoms with Gasteiger partial charge < -0.3 is 9.72 Å². The molecule has 0 saturated carbocycles. The lowest BCUT2D eigenvalue weighted by atomic mass is 9.95. The number of hydrogen-bond acceptors (Lipinski definition) is 5. The van der Waals surface area contributed by atoms with E-state index in [1.807, 2.05) is 30.3 Å². The Bertz CT molecular complexity index is 979. The molecule has 1 aliphatic rings. The number of nitrogens with one attached hydrogen (secondary N) is 1. The number of aromatic nitrogens is 3. The summed E-state index contributed by atoms with van der Waals surface area (Å²) in [6.07, 6.45) is 3.66. The van der Waals surface area contributed by atoms with Crippen LogP contribution in [0.2, 0.25) is 0 Å². The summed E-state index contributed by atoms with van der Waals surface area (Å²) in [7, 11) is 1.69. The van der Waals surface area contributed by atoms with Gasteiger partial charge in [0.2, 0.25) is 0 Å². The van der Waals surface area contributed by atoms with Gasteiger partial charge in [0, 0.05) is 24.7 Å². The van der Waals surface area contributed by atoms with E-state index in [-0.39, 0.29) is 11.5 Å². The minimum absolute atomic E-state index is 0.121. The van der Waals surface area contributed by atoms with Gasteiger partial charge in [0.05, 0.1) is 18.5 Å². The highest BCUT2D eigenvalue weighted by Crippen LogP contribution is 2.27. The lowest BCUT2D eigenvalue weighted by Gasteiger charge is -2.31. The number of rotatable bonds is 5. The summed E-state index contributed by atoms with van der Waals surface area (Å²) in [6.45, 7) is 2.85. The van der Waals surface area contributed by atoms with Crippen molar-refractivity contribution in [1.82, 2.24) is 19.9 Å². The molecule has 3 heterocycles. The predicted octanol–water partition coefficient (Wildman–Crippen LogP) is 3.22. The van der Waals surface area contributed by atoms with Crippen molar-refractivity contribution in [2.45, 2.75) is 25.3 Å².